The maximum Gasteiger partial charge on any atom is 0.204 e. The second kappa shape index (κ2) is 5.63. The van der Waals surface area contributed by atoms with Gasteiger partial charge in [-0.3, -0.25) is 9.78 Å². The molecule has 3 nitrogen and oxygen atoms in total. The normalized spacial score (nSPS) is 10.7. The number of halogens is 1. The topological polar surface area (TPSA) is 39.2 Å². The number of hydrogen-bond acceptors (Lipinski definition) is 4. The van der Waals surface area contributed by atoms with E-state index in [4.69, 9.17) is 4.74 Å². The van der Waals surface area contributed by atoms with E-state index in [0.717, 1.165) is 3.79 Å². The summed E-state index contributed by atoms with van der Waals surface area (Å²) in [5, 5.41) is 0. The molecular formula is C13H12BrNO2S. The Bertz CT molecular complexity index is 566. The van der Waals surface area contributed by atoms with E-state index in [-0.39, 0.29) is 11.9 Å². The first-order chi connectivity index (χ1) is 8.56. The Morgan fingerprint density at radius 1 is 1.39 bits per heavy atom. The summed E-state index contributed by atoms with van der Waals surface area (Å²) in [5.74, 6) is 0.582. The molecule has 0 saturated carbocycles. The van der Waals surface area contributed by atoms with Gasteiger partial charge in [-0.25, -0.2) is 0 Å². The third-order valence-corrected chi connectivity index (χ3v) is 3.77. The van der Waals surface area contributed by atoms with Crippen molar-refractivity contribution in [1.29, 1.82) is 0 Å². The molecule has 2 aromatic rings. The summed E-state index contributed by atoms with van der Waals surface area (Å²) in [6.45, 7) is 3.87. The predicted octanol–water partition coefficient (Wildman–Crippen LogP) is 3.92. The van der Waals surface area contributed by atoms with E-state index in [1.165, 1.54) is 11.3 Å². The first kappa shape index (κ1) is 13.2. The van der Waals surface area contributed by atoms with Crippen LogP contribution >= 0.6 is 27.3 Å². The maximum atomic E-state index is 12.2. The number of nitrogens with zero attached hydrogens (tertiary/aromatic N) is 1. The van der Waals surface area contributed by atoms with Crippen LogP contribution in [-0.4, -0.2) is 16.9 Å². The maximum absolute atomic E-state index is 12.2. The van der Waals surface area contributed by atoms with Crippen LogP contribution in [0.3, 0.4) is 0 Å². The highest BCUT2D eigenvalue weighted by atomic mass is 79.9. The highest BCUT2D eigenvalue weighted by Crippen LogP contribution is 2.25. The monoisotopic (exact) mass is 325 g/mol. The summed E-state index contributed by atoms with van der Waals surface area (Å²) >= 11 is 4.76. The van der Waals surface area contributed by atoms with Crippen LogP contribution in [0.25, 0.3) is 0 Å². The Hall–Kier alpha value is -1.20. The number of pyridine rings is 1. The van der Waals surface area contributed by atoms with Gasteiger partial charge in [0.05, 0.1) is 21.0 Å². The van der Waals surface area contributed by atoms with Gasteiger partial charge in [0, 0.05) is 11.8 Å². The summed E-state index contributed by atoms with van der Waals surface area (Å²) < 4.78 is 6.46. The molecule has 0 aliphatic carbocycles. The number of rotatable bonds is 4. The highest BCUT2D eigenvalue weighted by molar-refractivity contribution is 9.11. The van der Waals surface area contributed by atoms with E-state index < -0.39 is 0 Å². The molecular weight excluding hydrogens is 314 g/mol. The van der Waals surface area contributed by atoms with Gasteiger partial charge in [0.15, 0.2) is 0 Å². The molecule has 0 N–H and O–H groups in total. The lowest BCUT2D eigenvalue weighted by Gasteiger charge is -2.09. The summed E-state index contributed by atoms with van der Waals surface area (Å²) in [5.41, 5.74) is 0.544. The van der Waals surface area contributed by atoms with E-state index in [9.17, 15) is 4.79 Å². The number of ketones is 1. The lowest BCUT2D eigenvalue weighted by molar-refractivity contribution is 0.104. The first-order valence-electron chi connectivity index (χ1n) is 5.48. The largest absolute Gasteiger partial charge is 0.489 e. The van der Waals surface area contributed by atoms with Gasteiger partial charge in [0.2, 0.25) is 5.78 Å². The van der Waals surface area contributed by atoms with Crippen molar-refractivity contribution in [1.82, 2.24) is 4.98 Å². The van der Waals surface area contributed by atoms with Crippen molar-refractivity contribution in [2.75, 3.05) is 0 Å². The van der Waals surface area contributed by atoms with Gasteiger partial charge in [-0.05, 0) is 48.0 Å². The summed E-state index contributed by atoms with van der Waals surface area (Å²) in [6.07, 6.45) is 3.23. The lowest BCUT2D eigenvalue weighted by atomic mass is 10.1. The minimum Gasteiger partial charge on any atom is -0.489 e. The smallest absolute Gasteiger partial charge is 0.204 e. The van der Waals surface area contributed by atoms with Crippen LogP contribution in [0, 0.1) is 0 Å². The third kappa shape index (κ3) is 3.17. The van der Waals surface area contributed by atoms with Gasteiger partial charge in [-0.2, -0.15) is 0 Å². The van der Waals surface area contributed by atoms with Gasteiger partial charge >= 0.3 is 0 Å². The predicted molar refractivity (Wildman–Crippen MR) is 75.5 cm³/mol. The van der Waals surface area contributed by atoms with E-state index >= 15 is 0 Å². The van der Waals surface area contributed by atoms with Gasteiger partial charge in [-0.15, -0.1) is 11.3 Å². The highest BCUT2D eigenvalue weighted by Gasteiger charge is 2.13. The van der Waals surface area contributed by atoms with Crippen molar-refractivity contribution in [2.24, 2.45) is 0 Å². The summed E-state index contributed by atoms with van der Waals surface area (Å²) in [6, 6.07) is 5.38. The average molecular weight is 326 g/mol. The average Bonchev–Trinajstić information content (AvgIpc) is 2.74. The zero-order valence-corrected chi connectivity index (χ0v) is 12.4. The van der Waals surface area contributed by atoms with Crippen LogP contribution in [0.2, 0.25) is 0 Å². The Morgan fingerprint density at radius 3 is 2.78 bits per heavy atom. The molecule has 0 radical (unpaired) electrons. The van der Waals surface area contributed by atoms with Crippen LogP contribution in [-0.2, 0) is 0 Å². The van der Waals surface area contributed by atoms with E-state index in [2.05, 4.69) is 20.9 Å². The zero-order chi connectivity index (χ0) is 13.1. The number of thiophene rings is 1. The summed E-state index contributed by atoms with van der Waals surface area (Å²) in [7, 11) is 0. The number of aromatic nitrogens is 1. The van der Waals surface area contributed by atoms with Crippen molar-refractivity contribution in [2.45, 2.75) is 20.0 Å². The first-order valence-corrected chi connectivity index (χ1v) is 7.09. The molecule has 2 heterocycles. The number of carbonyl (C=O) groups excluding carboxylic acids is 1. The van der Waals surface area contributed by atoms with E-state index in [1.807, 2.05) is 19.9 Å². The van der Waals surface area contributed by atoms with Crippen LogP contribution in [0.4, 0.5) is 0 Å². The quantitative estimate of drug-likeness (QED) is 0.799. The standard InChI is InChI=1S/C13H12BrNO2S/c1-8(2)17-10-5-9(6-15-7-10)13(16)11-3-4-12(14)18-11/h3-8H,1-2H3. The molecule has 0 unspecified atom stereocenters. The molecule has 94 valence electrons. The molecule has 5 heteroatoms. The molecule has 0 aromatic carbocycles. The number of hydrogen-bond donors (Lipinski definition) is 0. The molecule has 0 fully saturated rings. The van der Waals surface area contributed by atoms with Crippen LogP contribution in [0.1, 0.15) is 29.1 Å². The SMILES string of the molecule is CC(C)Oc1cncc(C(=O)c2ccc(Br)s2)c1. The second-order valence-corrected chi connectivity index (χ2v) is 6.47. The molecule has 0 saturated heterocycles. The Morgan fingerprint density at radius 2 is 2.17 bits per heavy atom. The van der Waals surface area contributed by atoms with Gasteiger partial charge < -0.3 is 4.74 Å². The Balaban J connectivity index is 2.25. The van der Waals surface area contributed by atoms with E-state index in [0.29, 0.717) is 16.2 Å². The fourth-order valence-corrected chi connectivity index (χ4v) is 2.81. The number of carbonyl (C=O) groups is 1. The van der Waals surface area contributed by atoms with Crippen molar-refractivity contribution >= 4 is 33.0 Å². The minimum atomic E-state index is -0.0348. The van der Waals surface area contributed by atoms with E-state index in [1.54, 1.807) is 24.5 Å². The molecule has 0 bridgehead atoms. The summed E-state index contributed by atoms with van der Waals surface area (Å²) in [4.78, 5) is 16.9. The molecule has 2 aromatic heterocycles. The van der Waals surface area contributed by atoms with Gasteiger partial charge in [0.1, 0.15) is 5.75 Å². The van der Waals surface area contributed by atoms with Crippen molar-refractivity contribution in [3.8, 4) is 5.75 Å². The molecule has 0 spiro atoms. The lowest BCUT2D eigenvalue weighted by Crippen LogP contribution is -2.07. The Labute approximate surface area is 118 Å². The fourth-order valence-electron chi connectivity index (χ4n) is 1.46. The fraction of sp³-hybridized carbons (Fsp3) is 0.231. The van der Waals surface area contributed by atoms with Crippen LogP contribution in [0.5, 0.6) is 5.75 Å². The van der Waals surface area contributed by atoms with Crippen molar-refractivity contribution in [3.05, 3.63) is 44.8 Å². The molecule has 0 atom stereocenters. The number of ether oxygens (including phenoxy) is 1. The van der Waals surface area contributed by atoms with Gasteiger partial charge in [0.25, 0.3) is 0 Å². The van der Waals surface area contributed by atoms with Gasteiger partial charge in [-0.1, -0.05) is 0 Å². The minimum absolute atomic E-state index is 0.0348. The zero-order valence-electron chi connectivity index (χ0n) is 10.0. The molecule has 18 heavy (non-hydrogen) atoms. The van der Waals surface area contributed by atoms with Crippen LogP contribution < -0.4 is 4.74 Å². The molecule has 0 aliphatic rings. The molecule has 0 amide bonds. The van der Waals surface area contributed by atoms with Crippen molar-refractivity contribution in [3.63, 3.8) is 0 Å². The van der Waals surface area contributed by atoms with Crippen molar-refractivity contribution < 1.29 is 9.53 Å². The Kier molecular flexibility index (Phi) is 4.14. The second-order valence-electron chi connectivity index (χ2n) is 4.01. The third-order valence-electron chi connectivity index (χ3n) is 2.14. The molecule has 2 rings (SSSR count). The van der Waals surface area contributed by atoms with Crippen LogP contribution in [0.15, 0.2) is 34.4 Å². The molecule has 0 aliphatic heterocycles.